The molecule has 2 aliphatic carbocycles. The molecule has 62 heavy (non-hydrogen) atoms. The Balaban J connectivity index is 1.26. The van der Waals surface area contributed by atoms with E-state index < -0.39 is 0 Å². The fourth-order valence-corrected chi connectivity index (χ4v) is 11.8. The SMILES string of the molecule is Cc1cc2c3c(c1)N(c1cccc4c1-c1ccccc1C4(C)C)c1ccc(C(C)(C)C)cc1B3c1cc3c(cc1N2c1ccc(-c2ccccc2)cc1C)C(C)(C)CCC3(C)C. The summed E-state index contributed by atoms with van der Waals surface area (Å²) < 4.78 is 0. The van der Waals surface area contributed by atoms with Gasteiger partial charge in [-0.1, -0.05) is 153 Å². The van der Waals surface area contributed by atoms with Crippen LogP contribution in [0, 0.1) is 13.8 Å². The van der Waals surface area contributed by atoms with E-state index in [1.807, 2.05) is 0 Å². The van der Waals surface area contributed by atoms with Crippen molar-refractivity contribution in [1.82, 2.24) is 0 Å². The molecule has 0 atom stereocenters. The maximum Gasteiger partial charge on any atom is 0.252 e. The van der Waals surface area contributed by atoms with E-state index >= 15 is 0 Å². The van der Waals surface area contributed by atoms with Gasteiger partial charge in [-0.15, -0.1) is 0 Å². The van der Waals surface area contributed by atoms with Gasteiger partial charge >= 0.3 is 0 Å². The highest BCUT2D eigenvalue weighted by Crippen LogP contribution is 2.56. The Labute approximate surface area is 370 Å². The summed E-state index contributed by atoms with van der Waals surface area (Å²) in [4.78, 5) is 5.31. The van der Waals surface area contributed by atoms with Gasteiger partial charge in [0.2, 0.25) is 0 Å². The number of hydrogen-bond acceptors (Lipinski definition) is 2. The first-order chi connectivity index (χ1) is 29.5. The molecule has 0 spiro atoms. The van der Waals surface area contributed by atoms with Crippen LogP contribution in [-0.4, -0.2) is 6.71 Å². The summed E-state index contributed by atoms with van der Waals surface area (Å²) in [6.07, 6.45) is 2.35. The zero-order chi connectivity index (χ0) is 43.2. The molecule has 2 heterocycles. The van der Waals surface area contributed by atoms with Crippen molar-refractivity contribution in [1.29, 1.82) is 0 Å². The number of rotatable bonds is 3. The standard InChI is InChI=1S/C59H59BN2/c1-36-30-52-55-53(31-36)62(50-23-17-22-43-54(50)41-20-15-16-21-42(41)59(43,10)11)49-27-25-40(56(3,4)5)33-46(49)60(55)47-34-44-45(58(8,9)29-28-57(44,6)7)35-51(47)61(52)48-26-24-39(32-37(48)2)38-18-13-12-14-19-38/h12-27,30-35H,28-29H2,1-11H3. The monoisotopic (exact) mass is 806 g/mol. The molecule has 0 aromatic heterocycles. The summed E-state index contributed by atoms with van der Waals surface area (Å²) in [6, 6.07) is 51.8. The first kappa shape index (κ1) is 39.1. The van der Waals surface area contributed by atoms with Crippen molar-refractivity contribution >= 4 is 57.2 Å². The predicted octanol–water partition coefficient (Wildman–Crippen LogP) is 14.0. The quantitative estimate of drug-likeness (QED) is 0.164. The Hall–Kier alpha value is -5.80. The maximum atomic E-state index is 2.67. The molecule has 0 saturated heterocycles. The summed E-state index contributed by atoms with van der Waals surface area (Å²) in [5, 5.41) is 0. The van der Waals surface area contributed by atoms with Crippen molar-refractivity contribution in [3.05, 3.63) is 172 Å². The van der Waals surface area contributed by atoms with Crippen LogP contribution in [0.25, 0.3) is 22.3 Å². The minimum Gasteiger partial charge on any atom is -0.311 e. The molecule has 0 unspecified atom stereocenters. The third kappa shape index (κ3) is 5.55. The Bertz CT molecular complexity index is 3010. The van der Waals surface area contributed by atoms with Gasteiger partial charge in [0.05, 0.1) is 5.69 Å². The summed E-state index contributed by atoms with van der Waals surface area (Å²) in [5.41, 5.74) is 26.7. The third-order valence-corrected chi connectivity index (χ3v) is 15.4. The number of anilines is 6. The van der Waals surface area contributed by atoms with Crippen LogP contribution in [0.15, 0.2) is 133 Å². The maximum absolute atomic E-state index is 2.67. The normalized spacial score (nSPS) is 17.1. The summed E-state index contributed by atoms with van der Waals surface area (Å²) in [7, 11) is 0. The zero-order valence-electron chi connectivity index (χ0n) is 38.6. The van der Waals surface area contributed by atoms with Gasteiger partial charge < -0.3 is 9.80 Å². The Kier molecular flexibility index (Phi) is 8.27. The lowest BCUT2D eigenvalue weighted by Crippen LogP contribution is -2.62. The molecule has 4 aliphatic rings. The van der Waals surface area contributed by atoms with Gasteiger partial charge in [0.15, 0.2) is 0 Å². The van der Waals surface area contributed by atoms with Crippen molar-refractivity contribution in [2.75, 3.05) is 9.80 Å². The van der Waals surface area contributed by atoms with E-state index in [-0.39, 0.29) is 28.4 Å². The number of fused-ring (bicyclic) bond motifs is 8. The van der Waals surface area contributed by atoms with Gasteiger partial charge in [-0.05, 0) is 157 Å². The molecular weight excluding hydrogens is 747 g/mol. The fraction of sp³-hybridized carbons (Fsp3) is 0.288. The van der Waals surface area contributed by atoms with Gasteiger partial charge in [-0.3, -0.25) is 0 Å². The largest absolute Gasteiger partial charge is 0.311 e. The van der Waals surface area contributed by atoms with Crippen molar-refractivity contribution < 1.29 is 0 Å². The molecule has 0 fully saturated rings. The van der Waals surface area contributed by atoms with Gasteiger partial charge in [-0.25, -0.2) is 0 Å². The third-order valence-electron chi connectivity index (χ3n) is 15.4. The van der Waals surface area contributed by atoms with E-state index in [1.54, 1.807) is 0 Å². The molecule has 0 N–H and O–H groups in total. The molecule has 3 heteroatoms. The van der Waals surface area contributed by atoms with Crippen molar-refractivity contribution in [2.24, 2.45) is 0 Å². The Morgan fingerprint density at radius 3 is 1.79 bits per heavy atom. The number of hydrogen-bond donors (Lipinski definition) is 0. The average molecular weight is 807 g/mol. The molecular formula is C59H59BN2. The zero-order valence-corrected chi connectivity index (χ0v) is 38.6. The van der Waals surface area contributed by atoms with Crippen LogP contribution in [0.4, 0.5) is 34.1 Å². The number of aryl methyl sites for hydroxylation is 2. The van der Waals surface area contributed by atoms with Crippen LogP contribution in [0.2, 0.25) is 0 Å². The molecule has 11 rings (SSSR count). The topological polar surface area (TPSA) is 6.48 Å². The van der Waals surface area contributed by atoms with Gasteiger partial charge in [0.1, 0.15) is 0 Å². The van der Waals surface area contributed by atoms with Gasteiger partial charge in [0.25, 0.3) is 6.71 Å². The first-order valence-electron chi connectivity index (χ1n) is 22.9. The Morgan fingerprint density at radius 1 is 0.484 bits per heavy atom. The molecule has 0 radical (unpaired) electrons. The van der Waals surface area contributed by atoms with Crippen LogP contribution in [0.1, 0.15) is 114 Å². The molecule has 2 aliphatic heterocycles. The predicted molar refractivity (Wildman–Crippen MR) is 267 cm³/mol. The first-order valence-corrected chi connectivity index (χ1v) is 22.9. The lowest BCUT2D eigenvalue weighted by atomic mass is 9.33. The molecule has 7 aromatic carbocycles. The summed E-state index contributed by atoms with van der Waals surface area (Å²) >= 11 is 0. The molecule has 7 aromatic rings. The lowest BCUT2D eigenvalue weighted by molar-refractivity contribution is 0.332. The summed E-state index contributed by atoms with van der Waals surface area (Å²) in [6.45, 7) is 26.4. The highest BCUT2D eigenvalue weighted by molar-refractivity contribution is 7.00. The molecule has 0 bridgehead atoms. The highest BCUT2D eigenvalue weighted by Gasteiger charge is 2.48. The average Bonchev–Trinajstić information content (AvgIpc) is 3.48. The highest BCUT2D eigenvalue weighted by atomic mass is 15.2. The van der Waals surface area contributed by atoms with Gasteiger partial charge in [0, 0.05) is 39.4 Å². The molecule has 0 amide bonds. The minimum absolute atomic E-state index is 0.0176. The second-order valence-corrected chi connectivity index (χ2v) is 21.8. The molecule has 308 valence electrons. The van der Waals surface area contributed by atoms with E-state index in [1.165, 1.54) is 125 Å². The van der Waals surface area contributed by atoms with E-state index in [9.17, 15) is 0 Å². The Morgan fingerprint density at radius 2 is 1.10 bits per heavy atom. The second kappa shape index (κ2) is 13.1. The van der Waals surface area contributed by atoms with E-state index in [0.717, 1.165) is 0 Å². The minimum atomic E-state index is -0.107. The van der Waals surface area contributed by atoms with Crippen LogP contribution < -0.4 is 26.2 Å². The van der Waals surface area contributed by atoms with Crippen molar-refractivity contribution in [2.45, 2.75) is 111 Å². The van der Waals surface area contributed by atoms with Crippen LogP contribution in [0.3, 0.4) is 0 Å². The van der Waals surface area contributed by atoms with Crippen molar-refractivity contribution in [3.63, 3.8) is 0 Å². The van der Waals surface area contributed by atoms with E-state index in [4.69, 9.17) is 0 Å². The van der Waals surface area contributed by atoms with Crippen LogP contribution in [-0.2, 0) is 21.7 Å². The second-order valence-electron chi connectivity index (χ2n) is 21.8. The lowest BCUT2D eigenvalue weighted by Gasteiger charge is -2.48. The van der Waals surface area contributed by atoms with Gasteiger partial charge in [-0.2, -0.15) is 0 Å². The fourth-order valence-electron chi connectivity index (χ4n) is 11.8. The number of benzene rings is 7. The molecule has 2 nitrogen and oxygen atoms in total. The van der Waals surface area contributed by atoms with Crippen molar-refractivity contribution in [3.8, 4) is 22.3 Å². The molecule has 0 saturated carbocycles. The smallest absolute Gasteiger partial charge is 0.252 e. The van der Waals surface area contributed by atoms with E-state index in [0.29, 0.717) is 0 Å². The van der Waals surface area contributed by atoms with E-state index in [2.05, 4.69) is 219 Å². The number of nitrogens with zero attached hydrogens (tertiary/aromatic N) is 2. The summed E-state index contributed by atoms with van der Waals surface area (Å²) in [5.74, 6) is 0. The van der Waals surface area contributed by atoms with Crippen LogP contribution in [0.5, 0.6) is 0 Å². The van der Waals surface area contributed by atoms with Crippen LogP contribution >= 0.6 is 0 Å².